The molecule has 0 spiro atoms. The summed E-state index contributed by atoms with van der Waals surface area (Å²) >= 11 is 0. The third kappa shape index (κ3) is 5.74. The van der Waals surface area contributed by atoms with E-state index in [4.69, 9.17) is 0 Å². The molecule has 0 heterocycles. The maximum atomic E-state index is 12.9. The number of hydrogen-bond donors (Lipinski definition) is 0. The van der Waals surface area contributed by atoms with E-state index in [1.54, 1.807) is 6.08 Å². The molecule has 0 aliphatic rings. The highest BCUT2D eigenvalue weighted by Gasteiger charge is 2.03. The van der Waals surface area contributed by atoms with Gasteiger partial charge in [0, 0.05) is 0 Å². The largest absolute Gasteiger partial charge is 0.207 e. The van der Waals surface area contributed by atoms with Crippen molar-refractivity contribution in [3.63, 3.8) is 0 Å². The zero-order valence-electron chi connectivity index (χ0n) is 9.52. The van der Waals surface area contributed by atoms with Gasteiger partial charge in [0.2, 0.25) is 0 Å². The van der Waals surface area contributed by atoms with E-state index in [2.05, 4.69) is 20.4 Å². The molecule has 0 aromatic carbocycles. The molecule has 0 rings (SSSR count). The molecule has 0 N–H and O–H groups in total. The van der Waals surface area contributed by atoms with Crippen LogP contribution >= 0.6 is 0 Å². The minimum atomic E-state index is -0.248. The van der Waals surface area contributed by atoms with Crippen LogP contribution in [0.2, 0.25) is 0 Å². The summed E-state index contributed by atoms with van der Waals surface area (Å²) in [7, 11) is 0. The van der Waals surface area contributed by atoms with Crippen LogP contribution in [0.5, 0.6) is 0 Å². The normalized spacial score (nSPS) is 15.4. The fraction of sp³-hybridized carbons (Fsp3) is 0.538. The lowest BCUT2D eigenvalue weighted by atomic mass is 9.96. The third-order valence-electron chi connectivity index (χ3n) is 2.25. The highest BCUT2D eigenvalue weighted by Crippen LogP contribution is 2.18. The monoisotopic (exact) mass is 196 g/mol. The minimum Gasteiger partial charge on any atom is -0.207 e. The van der Waals surface area contributed by atoms with Gasteiger partial charge in [0.15, 0.2) is 0 Å². The Kier molecular flexibility index (Phi) is 7.09. The Morgan fingerprint density at radius 1 is 1.50 bits per heavy atom. The number of halogens is 1. The van der Waals surface area contributed by atoms with E-state index in [9.17, 15) is 4.39 Å². The van der Waals surface area contributed by atoms with Crippen LogP contribution in [-0.2, 0) is 0 Å². The Labute approximate surface area is 87.2 Å². The Morgan fingerprint density at radius 2 is 2.14 bits per heavy atom. The van der Waals surface area contributed by atoms with E-state index < -0.39 is 0 Å². The van der Waals surface area contributed by atoms with Crippen molar-refractivity contribution in [1.82, 2.24) is 0 Å². The van der Waals surface area contributed by atoms with Gasteiger partial charge in [-0.15, -0.1) is 0 Å². The zero-order chi connectivity index (χ0) is 11.0. The smallest absolute Gasteiger partial charge is 0.122 e. The average molecular weight is 196 g/mol. The molecule has 80 valence electrons. The summed E-state index contributed by atoms with van der Waals surface area (Å²) in [6, 6.07) is 0. The highest BCUT2D eigenvalue weighted by molar-refractivity contribution is 5.25. The maximum Gasteiger partial charge on any atom is 0.122 e. The molecule has 0 amide bonds. The molecule has 0 nitrogen and oxygen atoms in total. The number of hydrogen-bond acceptors (Lipinski definition) is 0. The van der Waals surface area contributed by atoms with E-state index >= 15 is 0 Å². The molecule has 1 unspecified atom stereocenters. The van der Waals surface area contributed by atoms with Crippen LogP contribution < -0.4 is 0 Å². The van der Waals surface area contributed by atoms with E-state index in [0.29, 0.717) is 5.92 Å². The third-order valence-corrected chi connectivity index (χ3v) is 2.25. The van der Waals surface area contributed by atoms with Gasteiger partial charge in [0.25, 0.3) is 0 Å². The molecule has 1 heteroatoms. The summed E-state index contributed by atoms with van der Waals surface area (Å²) in [5.41, 5.74) is 1.06. The number of allylic oxidation sites excluding steroid dienone is 5. The molecule has 0 radical (unpaired) electrons. The first-order chi connectivity index (χ1) is 6.63. The van der Waals surface area contributed by atoms with Crippen molar-refractivity contribution in [3.05, 3.63) is 36.2 Å². The van der Waals surface area contributed by atoms with Gasteiger partial charge in [-0.2, -0.15) is 0 Å². The second-order valence-electron chi connectivity index (χ2n) is 3.69. The fourth-order valence-corrected chi connectivity index (χ4v) is 1.49. The minimum absolute atomic E-state index is 0.248. The predicted molar refractivity (Wildman–Crippen MR) is 61.8 cm³/mol. The van der Waals surface area contributed by atoms with Crippen LogP contribution in [0.25, 0.3) is 0 Å². The van der Waals surface area contributed by atoms with E-state index in [0.717, 1.165) is 12.0 Å². The van der Waals surface area contributed by atoms with Gasteiger partial charge in [-0.25, -0.2) is 4.39 Å². The molecule has 0 fully saturated rings. The quantitative estimate of drug-likeness (QED) is 0.535. The van der Waals surface area contributed by atoms with Crippen LogP contribution in [-0.4, -0.2) is 0 Å². The second kappa shape index (κ2) is 7.54. The number of rotatable bonds is 6. The summed E-state index contributed by atoms with van der Waals surface area (Å²) < 4.78 is 12.9. The molecule has 0 saturated heterocycles. The van der Waals surface area contributed by atoms with Gasteiger partial charge in [-0.1, -0.05) is 39.3 Å². The van der Waals surface area contributed by atoms with Crippen LogP contribution in [0.3, 0.4) is 0 Å². The van der Waals surface area contributed by atoms with Crippen LogP contribution in [0.15, 0.2) is 36.2 Å². The highest BCUT2D eigenvalue weighted by atomic mass is 19.1. The summed E-state index contributed by atoms with van der Waals surface area (Å²) in [6.07, 6.45) is 8.11. The van der Waals surface area contributed by atoms with Gasteiger partial charge >= 0.3 is 0 Å². The SMILES string of the molecule is C=C/C(F)=C\C(=C/C)CC(C)CCC. The average Bonchev–Trinajstić information content (AvgIpc) is 2.16. The summed E-state index contributed by atoms with van der Waals surface area (Å²) in [4.78, 5) is 0. The van der Waals surface area contributed by atoms with Crippen molar-refractivity contribution < 1.29 is 4.39 Å². The maximum absolute atomic E-state index is 12.9. The molecule has 0 saturated carbocycles. The molecule has 0 aliphatic heterocycles. The van der Waals surface area contributed by atoms with Gasteiger partial charge < -0.3 is 0 Å². The van der Waals surface area contributed by atoms with Gasteiger partial charge in [-0.3, -0.25) is 0 Å². The lowest BCUT2D eigenvalue weighted by Crippen LogP contribution is -1.95. The molecule has 0 aliphatic carbocycles. The molecule has 0 aromatic rings. The first-order valence-electron chi connectivity index (χ1n) is 5.28. The Hall–Kier alpha value is -0.850. The van der Waals surface area contributed by atoms with Gasteiger partial charge in [0.05, 0.1) is 0 Å². The van der Waals surface area contributed by atoms with Crippen molar-refractivity contribution in [2.24, 2.45) is 5.92 Å². The standard InChI is InChI=1S/C13H21F/c1-5-8-11(4)9-12(6-2)10-13(14)7-3/h6-7,10-11H,3,5,8-9H2,1-2,4H3/b12-6-,13-10+. The summed E-state index contributed by atoms with van der Waals surface area (Å²) in [6.45, 7) is 9.71. The Balaban J connectivity index is 4.24. The Bertz CT molecular complexity index is 223. The van der Waals surface area contributed by atoms with E-state index in [-0.39, 0.29) is 5.83 Å². The van der Waals surface area contributed by atoms with Crippen molar-refractivity contribution >= 4 is 0 Å². The first kappa shape index (κ1) is 13.2. The topological polar surface area (TPSA) is 0 Å². The van der Waals surface area contributed by atoms with Crippen molar-refractivity contribution in [2.45, 2.75) is 40.0 Å². The van der Waals surface area contributed by atoms with Crippen LogP contribution in [0.1, 0.15) is 40.0 Å². The second-order valence-corrected chi connectivity index (χ2v) is 3.69. The van der Waals surface area contributed by atoms with Crippen molar-refractivity contribution in [2.75, 3.05) is 0 Å². The van der Waals surface area contributed by atoms with Crippen LogP contribution in [0, 0.1) is 5.92 Å². The first-order valence-corrected chi connectivity index (χ1v) is 5.28. The van der Waals surface area contributed by atoms with Crippen LogP contribution in [0.4, 0.5) is 4.39 Å². The van der Waals surface area contributed by atoms with E-state index in [1.807, 2.05) is 13.0 Å². The molecular formula is C13H21F. The molecule has 0 aromatic heterocycles. The molecule has 1 atom stereocenters. The zero-order valence-corrected chi connectivity index (χ0v) is 9.52. The lowest BCUT2D eigenvalue weighted by Gasteiger charge is -2.10. The fourth-order valence-electron chi connectivity index (χ4n) is 1.49. The summed E-state index contributed by atoms with van der Waals surface area (Å²) in [5.74, 6) is 0.377. The van der Waals surface area contributed by atoms with Gasteiger partial charge in [0.1, 0.15) is 5.83 Å². The Morgan fingerprint density at radius 3 is 2.57 bits per heavy atom. The summed E-state index contributed by atoms with van der Waals surface area (Å²) in [5, 5.41) is 0. The van der Waals surface area contributed by atoms with Crippen molar-refractivity contribution in [3.8, 4) is 0 Å². The predicted octanol–water partition coefficient (Wildman–Crippen LogP) is 4.80. The lowest BCUT2D eigenvalue weighted by molar-refractivity contribution is 0.523. The molecule has 0 bridgehead atoms. The van der Waals surface area contributed by atoms with E-state index in [1.165, 1.54) is 18.9 Å². The molecule has 14 heavy (non-hydrogen) atoms. The van der Waals surface area contributed by atoms with Crippen molar-refractivity contribution in [1.29, 1.82) is 0 Å². The molecular weight excluding hydrogens is 175 g/mol. The van der Waals surface area contributed by atoms with Gasteiger partial charge in [-0.05, 0) is 37.0 Å².